The summed E-state index contributed by atoms with van der Waals surface area (Å²) in [6.45, 7) is 11.8. The van der Waals surface area contributed by atoms with E-state index >= 15 is 0 Å². The number of rotatable bonds is 2. The van der Waals surface area contributed by atoms with Crippen molar-refractivity contribution >= 4 is 5.91 Å². The van der Waals surface area contributed by atoms with Gasteiger partial charge in [-0.05, 0) is 18.3 Å². The first-order valence-corrected chi connectivity index (χ1v) is 7.08. The first-order chi connectivity index (χ1) is 8.15. The summed E-state index contributed by atoms with van der Waals surface area (Å²) >= 11 is 0. The van der Waals surface area contributed by atoms with Gasteiger partial charge in [-0.25, -0.2) is 0 Å². The molecule has 0 aromatic carbocycles. The molecular weight excluding hydrogens is 214 g/mol. The normalized spacial score (nSPS) is 31.5. The number of piperazine rings is 1. The van der Waals surface area contributed by atoms with Gasteiger partial charge in [0.2, 0.25) is 0 Å². The molecule has 98 valence electrons. The Morgan fingerprint density at radius 2 is 1.82 bits per heavy atom. The first kappa shape index (κ1) is 12.8. The molecule has 0 bridgehead atoms. The lowest BCUT2D eigenvalue weighted by atomic mass is 9.92. The second-order valence-electron chi connectivity index (χ2n) is 6.04. The molecule has 0 aromatic heterocycles. The standard InChI is InChI=1S/C13H25N3O/c1-11-7-12(2)9-16(8-11)13(17)10-15-5-3-14-4-6-15/h11-12,14H,3-10H2,1-2H3/p+2/t11-,12-/m0/s1. The number of likely N-dealkylation sites (tertiary alicyclic amines) is 1. The van der Waals surface area contributed by atoms with Gasteiger partial charge in [0.25, 0.3) is 5.91 Å². The summed E-state index contributed by atoms with van der Waals surface area (Å²) < 4.78 is 0. The molecule has 0 spiro atoms. The monoisotopic (exact) mass is 241 g/mol. The number of carbonyl (C=O) groups is 1. The Kier molecular flexibility index (Phi) is 4.40. The van der Waals surface area contributed by atoms with Gasteiger partial charge in [0.05, 0.1) is 0 Å². The predicted octanol–water partition coefficient (Wildman–Crippen LogP) is -2.05. The van der Waals surface area contributed by atoms with Crippen LogP contribution >= 0.6 is 0 Å². The molecule has 0 radical (unpaired) electrons. The zero-order chi connectivity index (χ0) is 12.3. The molecular formula is C13H27N3O+2. The van der Waals surface area contributed by atoms with Crippen molar-refractivity contribution in [2.24, 2.45) is 11.8 Å². The molecule has 4 heteroatoms. The average molecular weight is 241 g/mol. The van der Waals surface area contributed by atoms with Crippen LogP contribution in [0.4, 0.5) is 0 Å². The number of hydrogen-bond acceptors (Lipinski definition) is 1. The van der Waals surface area contributed by atoms with Crippen LogP contribution in [0.1, 0.15) is 20.3 Å². The Hall–Kier alpha value is -0.610. The number of carbonyl (C=O) groups excluding carboxylic acids is 1. The molecule has 17 heavy (non-hydrogen) atoms. The van der Waals surface area contributed by atoms with Crippen LogP contribution in [0, 0.1) is 11.8 Å². The van der Waals surface area contributed by atoms with Gasteiger partial charge in [-0.2, -0.15) is 0 Å². The fourth-order valence-corrected chi connectivity index (χ4v) is 3.25. The summed E-state index contributed by atoms with van der Waals surface area (Å²) in [7, 11) is 0. The van der Waals surface area contributed by atoms with Crippen LogP contribution < -0.4 is 10.2 Å². The van der Waals surface area contributed by atoms with Gasteiger partial charge in [-0.3, -0.25) is 4.79 Å². The summed E-state index contributed by atoms with van der Waals surface area (Å²) in [6.07, 6.45) is 1.27. The van der Waals surface area contributed by atoms with Crippen molar-refractivity contribution in [3.05, 3.63) is 0 Å². The predicted molar refractivity (Wildman–Crippen MR) is 66.7 cm³/mol. The Balaban J connectivity index is 1.81. The lowest BCUT2D eigenvalue weighted by Crippen LogP contribution is -3.21. The Labute approximate surface area is 104 Å². The van der Waals surface area contributed by atoms with E-state index in [0.29, 0.717) is 24.3 Å². The fraction of sp³-hybridized carbons (Fsp3) is 0.923. The zero-order valence-electron chi connectivity index (χ0n) is 11.2. The molecule has 0 saturated carbocycles. The van der Waals surface area contributed by atoms with Crippen molar-refractivity contribution in [2.45, 2.75) is 20.3 Å². The molecule has 3 N–H and O–H groups in total. The number of hydrogen-bond donors (Lipinski definition) is 2. The van der Waals surface area contributed by atoms with Crippen molar-refractivity contribution in [2.75, 3.05) is 45.8 Å². The minimum absolute atomic E-state index is 0.375. The summed E-state index contributed by atoms with van der Waals surface area (Å²) in [5.74, 6) is 1.72. The quantitative estimate of drug-likeness (QED) is 0.574. The van der Waals surface area contributed by atoms with Gasteiger partial charge in [-0.1, -0.05) is 13.8 Å². The third-order valence-corrected chi connectivity index (χ3v) is 4.03. The lowest BCUT2D eigenvalue weighted by Gasteiger charge is -2.35. The summed E-state index contributed by atoms with van der Waals surface area (Å²) in [5, 5.41) is 2.35. The van der Waals surface area contributed by atoms with Crippen molar-refractivity contribution in [3.8, 4) is 0 Å². The van der Waals surface area contributed by atoms with Crippen molar-refractivity contribution in [1.29, 1.82) is 0 Å². The van der Waals surface area contributed by atoms with Gasteiger partial charge in [0.1, 0.15) is 26.2 Å². The van der Waals surface area contributed by atoms with E-state index in [4.69, 9.17) is 0 Å². The highest BCUT2D eigenvalue weighted by molar-refractivity contribution is 5.77. The van der Waals surface area contributed by atoms with E-state index in [2.05, 4.69) is 24.1 Å². The summed E-state index contributed by atoms with van der Waals surface area (Å²) in [4.78, 5) is 15.8. The molecule has 0 aromatic rings. The van der Waals surface area contributed by atoms with Crippen LogP contribution in [-0.2, 0) is 4.79 Å². The Bertz CT molecular complexity index is 253. The number of nitrogens with one attached hydrogen (secondary N) is 1. The minimum atomic E-state index is 0.375. The highest BCUT2D eigenvalue weighted by atomic mass is 16.2. The smallest absolute Gasteiger partial charge is 0.277 e. The second kappa shape index (κ2) is 5.83. The van der Waals surface area contributed by atoms with Gasteiger partial charge >= 0.3 is 0 Å². The van der Waals surface area contributed by atoms with Crippen molar-refractivity contribution < 1.29 is 15.0 Å². The van der Waals surface area contributed by atoms with Gasteiger partial charge in [0.15, 0.2) is 6.54 Å². The highest BCUT2D eigenvalue weighted by Gasteiger charge is 2.28. The largest absolute Gasteiger partial charge is 0.337 e. The molecule has 2 aliphatic heterocycles. The van der Waals surface area contributed by atoms with Crippen LogP contribution in [0.15, 0.2) is 0 Å². The third-order valence-electron chi connectivity index (χ3n) is 4.03. The molecule has 0 unspecified atom stereocenters. The molecule has 2 saturated heterocycles. The molecule has 1 amide bonds. The Morgan fingerprint density at radius 3 is 2.41 bits per heavy atom. The summed E-state index contributed by atoms with van der Waals surface area (Å²) in [5.41, 5.74) is 0. The number of amides is 1. The zero-order valence-corrected chi connectivity index (χ0v) is 11.2. The van der Waals surface area contributed by atoms with Gasteiger partial charge < -0.3 is 15.1 Å². The first-order valence-electron chi connectivity index (χ1n) is 7.08. The van der Waals surface area contributed by atoms with E-state index in [9.17, 15) is 4.79 Å². The number of nitrogens with zero attached hydrogens (tertiary/aromatic N) is 1. The third kappa shape index (κ3) is 3.68. The van der Waals surface area contributed by atoms with Crippen LogP contribution in [0.5, 0.6) is 0 Å². The van der Waals surface area contributed by atoms with Crippen LogP contribution in [-0.4, -0.2) is 56.6 Å². The minimum Gasteiger partial charge on any atom is -0.337 e. The molecule has 2 atom stereocenters. The number of nitrogens with two attached hydrogens (primary N) is 1. The van der Waals surface area contributed by atoms with Gasteiger partial charge in [-0.15, -0.1) is 0 Å². The molecule has 0 aliphatic carbocycles. The SMILES string of the molecule is C[C@H]1C[C@H](C)CN(C(=O)C[NH+]2CC[NH2+]CC2)C1. The van der Waals surface area contributed by atoms with E-state index in [1.165, 1.54) is 24.4 Å². The van der Waals surface area contributed by atoms with Gasteiger partial charge in [0, 0.05) is 13.1 Å². The van der Waals surface area contributed by atoms with E-state index in [1.54, 1.807) is 0 Å². The highest BCUT2D eigenvalue weighted by Crippen LogP contribution is 2.20. The summed E-state index contributed by atoms with van der Waals surface area (Å²) in [6, 6.07) is 0. The van der Waals surface area contributed by atoms with E-state index in [1.807, 2.05) is 0 Å². The number of quaternary nitrogens is 2. The van der Waals surface area contributed by atoms with E-state index in [0.717, 1.165) is 26.2 Å². The maximum atomic E-state index is 12.3. The van der Waals surface area contributed by atoms with E-state index in [-0.39, 0.29) is 0 Å². The second-order valence-corrected chi connectivity index (χ2v) is 6.04. The van der Waals surface area contributed by atoms with Crippen LogP contribution in [0.2, 0.25) is 0 Å². The number of piperidine rings is 1. The molecule has 2 rings (SSSR count). The maximum absolute atomic E-state index is 12.3. The van der Waals surface area contributed by atoms with Crippen molar-refractivity contribution in [3.63, 3.8) is 0 Å². The average Bonchev–Trinajstić information content (AvgIpc) is 2.29. The molecule has 4 nitrogen and oxygen atoms in total. The lowest BCUT2D eigenvalue weighted by molar-refractivity contribution is -0.940. The molecule has 2 heterocycles. The van der Waals surface area contributed by atoms with E-state index < -0.39 is 0 Å². The Morgan fingerprint density at radius 1 is 1.24 bits per heavy atom. The van der Waals surface area contributed by atoms with Crippen molar-refractivity contribution in [1.82, 2.24) is 4.90 Å². The van der Waals surface area contributed by atoms with Crippen LogP contribution in [0.3, 0.4) is 0 Å². The maximum Gasteiger partial charge on any atom is 0.277 e. The molecule has 2 aliphatic rings. The van der Waals surface area contributed by atoms with Crippen LogP contribution in [0.25, 0.3) is 0 Å². The fourth-order valence-electron chi connectivity index (χ4n) is 3.25. The topological polar surface area (TPSA) is 41.4 Å². The molecule has 2 fully saturated rings.